The third kappa shape index (κ3) is 4.83. The molecule has 4 nitrogen and oxygen atoms in total. The van der Waals surface area contributed by atoms with Crippen LogP contribution in [0.2, 0.25) is 0 Å². The summed E-state index contributed by atoms with van der Waals surface area (Å²) in [5.74, 6) is -2.21. The number of thioether (sulfide) groups is 1. The van der Waals surface area contributed by atoms with E-state index in [0.29, 0.717) is 25.1 Å². The molecule has 3 aromatic carbocycles. The second-order valence-electron chi connectivity index (χ2n) is 6.85. The number of anilines is 1. The van der Waals surface area contributed by atoms with E-state index in [1.165, 1.54) is 30.3 Å². The fourth-order valence-corrected chi connectivity index (χ4v) is 7.17. The number of hydrogen-bond acceptors (Lipinski definition) is 4. The molecule has 164 valence electrons. The second kappa shape index (κ2) is 9.09. The Balaban J connectivity index is 1.67. The third-order valence-corrected chi connectivity index (χ3v) is 8.86. The summed E-state index contributed by atoms with van der Waals surface area (Å²) in [5.41, 5.74) is 1.10. The van der Waals surface area contributed by atoms with Crippen LogP contribution in [0.15, 0.2) is 78.2 Å². The van der Waals surface area contributed by atoms with E-state index in [1.807, 2.05) is 0 Å². The molecule has 0 aliphatic carbocycles. The highest BCUT2D eigenvalue weighted by atomic mass is 79.9. The van der Waals surface area contributed by atoms with Crippen molar-refractivity contribution in [3.63, 3.8) is 0 Å². The fourth-order valence-electron chi connectivity index (χ4n) is 3.03. The van der Waals surface area contributed by atoms with E-state index in [9.17, 15) is 22.0 Å². The van der Waals surface area contributed by atoms with Crippen LogP contribution in [-0.2, 0) is 20.4 Å². The van der Waals surface area contributed by atoms with Crippen molar-refractivity contribution < 1.29 is 22.0 Å². The SMILES string of the molecule is O=C1Nc2ccc(S(=O)(=O)Cc3c(Br)cccc3Br)cc2S/C1=C/c1ccc(F)cc1F. The molecule has 1 heterocycles. The maximum absolute atomic E-state index is 14.0. The number of benzene rings is 3. The number of fused-ring (bicyclic) bond motifs is 1. The molecule has 3 aromatic rings. The number of rotatable bonds is 4. The second-order valence-corrected chi connectivity index (χ2v) is 11.6. The predicted octanol–water partition coefficient (Wildman–Crippen LogP) is 6.55. The minimum atomic E-state index is -3.70. The van der Waals surface area contributed by atoms with Gasteiger partial charge in [-0.2, -0.15) is 0 Å². The van der Waals surface area contributed by atoms with E-state index in [4.69, 9.17) is 0 Å². The quantitative estimate of drug-likeness (QED) is 0.345. The first-order valence-electron chi connectivity index (χ1n) is 9.10. The standard InChI is InChI=1S/C22H13Br2F2NO3S2/c23-16-2-1-3-17(24)15(16)11-32(29,30)14-6-7-19-20(10-14)31-21(22(28)27-19)8-12-4-5-13(25)9-18(12)26/h1-10H,11H2,(H,27,28)/b21-8+. The van der Waals surface area contributed by atoms with Gasteiger partial charge in [-0.1, -0.05) is 49.7 Å². The van der Waals surface area contributed by atoms with Crippen molar-refractivity contribution in [1.82, 2.24) is 0 Å². The molecule has 0 radical (unpaired) electrons. The Kier molecular flexibility index (Phi) is 6.58. The van der Waals surface area contributed by atoms with Crippen molar-refractivity contribution in [2.75, 3.05) is 5.32 Å². The molecule has 10 heteroatoms. The van der Waals surface area contributed by atoms with Crippen molar-refractivity contribution in [3.8, 4) is 0 Å². The van der Waals surface area contributed by atoms with E-state index in [-0.39, 0.29) is 21.1 Å². The Morgan fingerprint density at radius 2 is 1.72 bits per heavy atom. The van der Waals surface area contributed by atoms with Crippen LogP contribution >= 0.6 is 43.6 Å². The van der Waals surface area contributed by atoms with Gasteiger partial charge in [-0.15, -0.1) is 0 Å². The molecule has 0 saturated heterocycles. The molecular formula is C22H13Br2F2NO3S2. The number of amides is 1. The van der Waals surface area contributed by atoms with E-state index in [0.717, 1.165) is 23.9 Å². The lowest BCUT2D eigenvalue weighted by Crippen LogP contribution is -2.18. The van der Waals surface area contributed by atoms with Crippen LogP contribution in [0.25, 0.3) is 6.08 Å². The van der Waals surface area contributed by atoms with E-state index in [2.05, 4.69) is 37.2 Å². The average Bonchev–Trinajstić information content (AvgIpc) is 2.73. The maximum atomic E-state index is 14.0. The molecule has 0 aromatic heterocycles. The molecule has 0 atom stereocenters. The zero-order valence-electron chi connectivity index (χ0n) is 16.0. The van der Waals surface area contributed by atoms with Crippen LogP contribution in [0.3, 0.4) is 0 Å². The van der Waals surface area contributed by atoms with Gasteiger partial charge in [0, 0.05) is 25.5 Å². The van der Waals surface area contributed by atoms with Gasteiger partial charge in [0.15, 0.2) is 9.84 Å². The van der Waals surface area contributed by atoms with E-state index in [1.54, 1.807) is 18.2 Å². The first-order chi connectivity index (χ1) is 15.1. The van der Waals surface area contributed by atoms with Gasteiger partial charge in [-0.25, -0.2) is 17.2 Å². The highest BCUT2D eigenvalue weighted by Crippen LogP contribution is 2.41. The summed E-state index contributed by atoms with van der Waals surface area (Å²) in [6.45, 7) is 0. The Morgan fingerprint density at radius 3 is 2.41 bits per heavy atom. The monoisotopic (exact) mass is 599 g/mol. The van der Waals surface area contributed by atoms with Crippen molar-refractivity contribution in [3.05, 3.63) is 91.2 Å². The zero-order chi connectivity index (χ0) is 23.0. The lowest BCUT2D eigenvalue weighted by atomic mass is 10.2. The first kappa shape index (κ1) is 23.2. The molecule has 1 N–H and O–H groups in total. The van der Waals surface area contributed by atoms with Crippen LogP contribution in [0.5, 0.6) is 0 Å². The van der Waals surface area contributed by atoms with Gasteiger partial charge in [0.25, 0.3) is 5.91 Å². The molecule has 1 aliphatic rings. The number of carbonyl (C=O) groups is 1. The topological polar surface area (TPSA) is 63.2 Å². The molecule has 0 spiro atoms. The third-order valence-electron chi connectivity index (χ3n) is 4.65. The highest BCUT2D eigenvalue weighted by molar-refractivity contribution is 9.11. The minimum Gasteiger partial charge on any atom is -0.320 e. The van der Waals surface area contributed by atoms with Crippen molar-refractivity contribution in [1.29, 1.82) is 0 Å². The van der Waals surface area contributed by atoms with Crippen molar-refractivity contribution >= 4 is 71.1 Å². The number of halogens is 4. The fraction of sp³-hybridized carbons (Fsp3) is 0.0455. The molecule has 0 unspecified atom stereocenters. The zero-order valence-corrected chi connectivity index (χ0v) is 20.8. The molecule has 0 bridgehead atoms. The normalized spacial score (nSPS) is 14.9. The summed E-state index contributed by atoms with van der Waals surface area (Å²) < 4.78 is 54.6. The number of sulfone groups is 1. The molecule has 1 amide bonds. The van der Waals surface area contributed by atoms with Gasteiger partial charge in [0.1, 0.15) is 11.6 Å². The molecule has 0 saturated carbocycles. The summed E-state index contributed by atoms with van der Waals surface area (Å²) >= 11 is 7.78. The highest BCUT2D eigenvalue weighted by Gasteiger charge is 2.25. The van der Waals surface area contributed by atoms with Gasteiger partial charge in [0.2, 0.25) is 0 Å². The lowest BCUT2D eigenvalue weighted by molar-refractivity contribution is -0.112. The van der Waals surface area contributed by atoms with Gasteiger partial charge < -0.3 is 5.32 Å². The van der Waals surface area contributed by atoms with Crippen LogP contribution in [-0.4, -0.2) is 14.3 Å². The average molecular weight is 601 g/mol. The molecule has 0 fully saturated rings. The summed E-state index contributed by atoms with van der Waals surface area (Å²) in [4.78, 5) is 13.2. The Labute approximate surface area is 204 Å². The predicted molar refractivity (Wildman–Crippen MR) is 128 cm³/mol. The van der Waals surface area contributed by atoms with Gasteiger partial charge in [-0.3, -0.25) is 4.79 Å². The number of carbonyl (C=O) groups excluding carboxylic acids is 1. The minimum absolute atomic E-state index is 0.0510. The molecular weight excluding hydrogens is 588 g/mol. The number of hydrogen-bond donors (Lipinski definition) is 1. The van der Waals surface area contributed by atoms with Crippen LogP contribution in [0, 0.1) is 11.6 Å². The first-order valence-corrected chi connectivity index (χ1v) is 13.2. The summed E-state index contributed by atoms with van der Waals surface area (Å²) in [7, 11) is -3.70. The summed E-state index contributed by atoms with van der Waals surface area (Å²) in [5, 5.41) is 2.67. The van der Waals surface area contributed by atoms with Gasteiger partial charge in [-0.05, 0) is 54.1 Å². The Morgan fingerprint density at radius 1 is 1.00 bits per heavy atom. The van der Waals surface area contributed by atoms with Gasteiger partial charge in [0.05, 0.1) is 21.2 Å². The summed E-state index contributed by atoms with van der Waals surface area (Å²) in [6, 6.07) is 12.8. The Bertz CT molecular complexity index is 1370. The Hall–Kier alpha value is -2.01. The largest absolute Gasteiger partial charge is 0.320 e. The molecule has 32 heavy (non-hydrogen) atoms. The van der Waals surface area contributed by atoms with Crippen molar-refractivity contribution in [2.45, 2.75) is 15.5 Å². The van der Waals surface area contributed by atoms with Crippen LogP contribution in [0.1, 0.15) is 11.1 Å². The van der Waals surface area contributed by atoms with Crippen molar-refractivity contribution in [2.24, 2.45) is 0 Å². The maximum Gasteiger partial charge on any atom is 0.262 e. The van der Waals surface area contributed by atoms with Crippen LogP contribution < -0.4 is 5.32 Å². The molecule has 1 aliphatic heterocycles. The number of nitrogens with one attached hydrogen (secondary N) is 1. The molecule has 4 rings (SSSR count). The lowest BCUT2D eigenvalue weighted by Gasteiger charge is -2.19. The van der Waals surface area contributed by atoms with Crippen LogP contribution in [0.4, 0.5) is 14.5 Å². The van der Waals surface area contributed by atoms with E-state index < -0.39 is 27.4 Å². The van der Waals surface area contributed by atoms with Gasteiger partial charge >= 0.3 is 0 Å². The van der Waals surface area contributed by atoms with E-state index >= 15 is 0 Å². The summed E-state index contributed by atoms with van der Waals surface area (Å²) in [6.07, 6.45) is 1.30. The smallest absolute Gasteiger partial charge is 0.262 e.